The average Bonchev–Trinajstić information content (AvgIpc) is 2.61. The first-order chi connectivity index (χ1) is 7.22. The van der Waals surface area contributed by atoms with E-state index in [2.05, 4.69) is 11.7 Å². The normalized spacial score (nSPS) is 10.4. The van der Waals surface area contributed by atoms with Gasteiger partial charge in [-0.25, -0.2) is 0 Å². The van der Waals surface area contributed by atoms with Gasteiger partial charge in [-0.15, -0.1) is 6.58 Å². The summed E-state index contributed by atoms with van der Waals surface area (Å²) in [6, 6.07) is 4.69. The summed E-state index contributed by atoms with van der Waals surface area (Å²) in [5.74, 6) is 0. The van der Waals surface area contributed by atoms with Crippen molar-refractivity contribution in [2.45, 2.75) is 6.54 Å². The average molecular weight is 203 g/mol. The van der Waals surface area contributed by atoms with Crippen molar-refractivity contribution in [3.05, 3.63) is 47.2 Å². The smallest absolute Gasteiger partial charge is 0.261 e. The van der Waals surface area contributed by atoms with Crippen LogP contribution in [0.4, 0.5) is 5.69 Å². The number of nitro groups is 1. The zero-order valence-electron chi connectivity index (χ0n) is 7.96. The predicted molar refractivity (Wildman–Crippen MR) is 56.6 cm³/mol. The second-order valence-corrected chi connectivity index (χ2v) is 3.12. The number of rotatable bonds is 3. The quantitative estimate of drug-likeness (QED) is 0.436. The molecule has 0 aliphatic heterocycles. The van der Waals surface area contributed by atoms with E-state index in [1.165, 1.54) is 12.1 Å². The first kappa shape index (κ1) is 9.39. The molecule has 15 heavy (non-hydrogen) atoms. The highest BCUT2D eigenvalue weighted by Crippen LogP contribution is 2.20. The number of benzene rings is 1. The number of aromatic nitrogens is 2. The molecule has 0 aliphatic carbocycles. The molecule has 2 aromatic rings. The summed E-state index contributed by atoms with van der Waals surface area (Å²) in [6.07, 6.45) is 3.35. The highest BCUT2D eigenvalue weighted by molar-refractivity contribution is 5.81. The molecule has 0 saturated carbocycles. The molecule has 76 valence electrons. The summed E-state index contributed by atoms with van der Waals surface area (Å²) in [5, 5.41) is 15.4. The lowest BCUT2D eigenvalue weighted by atomic mass is 10.2. The molecular weight excluding hydrogens is 194 g/mol. The standard InChI is InChI=1S/C10H9N3O2/c1-2-5-12-10-4-3-9(13(14)15)6-8(10)7-11-12/h2-4,6-7H,1,5H2. The monoisotopic (exact) mass is 203 g/mol. The third-order valence-corrected chi connectivity index (χ3v) is 2.14. The van der Waals surface area contributed by atoms with Crippen molar-refractivity contribution in [1.82, 2.24) is 9.78 Å². The minimum Gasteiger partial charge on any atom is -0.261 e. The lowest BCUT2D eigenvalue weighted by Gasteiger charge is -1.97. The van der Waals surface area contributed by atoms with Gasteiger partial charge in [0, 0.05) is 17.5 Å². The van der Waals surface area contributed by atoms with Crippen LogP contribution in [-0.4, -0.2) is 14.7 Å². The third-order valence-electron chi connectivity index (χ3n) is 2.14. The Bertz CT molecular complexity index is 530. The van der Waals surface area contributed by atoms with E-state index >= 15 is 0 Å². The van der Waals surface area contributed by atoms with Crippen LogP contribution in [0.5, 0.6) is 0 Å². The minimum atomic E-state index is -0.412. The van der Waals surface area contributed by atoms with Crippen molar-refractivity contribution in [2.24, 2.45) is 0 Å². The zero-order valence-corrected chi connectivity index (χ0v) is 7.96. The number of non-ortho nitro benzene ring substituents is 1. The number of allylic oxidation sites excluding steroid dienone is 1. The fourth-order valence-electron chi connectivity index (χ4n) is 1.46. The van der Waals surface area contributed by atoms with E-state index in [1.54, 1.807) is 23.0 Å². The van der Waals surface area contributed by atoms with E-state index in [9.17, 15) is 10.1 Å². The molecule has 1 aromatic heterocycles. The molecule has 0 spiro atoms. The fraction of sp³-hybridized carbons (Fsp3) is 0.100. The molecule has 5 nitrogen and oxygen atoms in total. The fourth-order valence-corrected chi connectivity index (χ4v) is 1.46. The largest absolute Gasteiger partial charge is 0.270 e. The van der Waals surface area contributed by atoms with E-state index < -0.39 is 4.92 Å². The van der Waals surface area contributed by atoms with E-state index in [0.717, 1.165) is 10.9 Å². The summed E-state index contributed by atoms with van der Waals surface area (Å²) < 4.78 is 1.74. The van der Waals surface area contributed by atoms with Crippen LogP contribution in [0.25, 0.3) is 10.9 Å². The highest BCUT2D eigenvalue weighted by atomic mass is 16.6. The maximum absolute atomic E-state index is 10.5. The molecule has 0 bridgehead atoms. The Morgan fingerprint density at radius 1 is 1.60 bits per heavy atom. The molecular formula is C10H9N3O2. The van der Waals surface area contributed by atoms with Crippen LogP contribution in [0.1, 0.15) is 0 Å². The summed E-state index contributed by atoms with van der Waals surface area (Å²) in [4.78, 5) is 10.1. The van der Waals surface area contributed by atoms with Crippen molar-refractivity contribution in [3.63, 3.8) is 0 Å². The van der Waals surface area contributed by atoms with Crippen molar-refractivity contribution in [3.8, 4) is 0 Å². The maximum atomic E-state index is 10.5. The first-order valence-electron chi connectivity index (χ1n) is 4.43. The summed E-state index contributed by atoms with van der Waals surface area (Å²) in [7, 11) is 0. The molecule has 2 rings (SSSR count). The van der Waals surface area contributed by atoms with Crippen LogP contribution < -0.4 is 0 Å². The minimum absolute atomic E-state index is 0.0839. The van der Waals surface area contributed by atoms with Gasteiger partial charge in [0.05, 0.1) is 23.2 Å². The van der Waals surface area contributed by atoms with Gasteiger partial charge < -0.3 is 0 Å². The lowest BCUT2D eigenvalue weighted by Crippen LogP contribution is -1.96. The summed E-state index contributed by atoms with van der Waals surface area (Å²) in [5.41, 5.74) is 0.959. The Balaban J connectivity index is 2.56. The van der Waals surface area contributed by atoms with Gasteiger partial charge in [0.15, 0.2) is 0 Å². The molecule has 0 aliphatic rings. The molecule has 0 unspecified atom stereocenters. The topological polar surface area (TPSA) is 61.0 Å². The molecule has 0 amide bonds. The molecule has 1 heterocycles. The molecule has 0 N–H and O–H groups in total. The van der Waals surface area contributed by atoms with Crippen LogP contribution in [0, 0.1) is 10.1 Å². The molecule has 0 saturated heterocycles. The second-order valence-electron chi connectivity index (χ2n) is 3.12. The van der Waals surface area contributed by atoms with E-state index in [1.807, 2.05) is 0 Å². The zero-order chi connectivity index (χ0) is 10.8. The molecule has 1 aromatic carbocycles. The first-order valence-corrected chi connectivity index (χ1v) is 4.43. The van der Waals surface area contributed by atoms with Crippen LogP contribution in [0.15, 0.2) is 37.1 Å². The Morgan fingerprint density at radius 2 is 2.40 bits per heavy atom. The molecule has 0 fully saturated rings. The van der Waals surface area contributed by atoms with E-state index in [-0.39, 0.29) is 5.69 Å². The van der Waals surface area contributed by atoms with E-state index in [0.29, 0.717) is 6.54 Å². The number of hydrogen-bond donors (Lipinski definition) is 0. The van der Waals surface area contributed by atoms with Crippen LogP contribution in [0.2, 0.25) is 0 Å². The van der Waals surface area contributed by atoms with Crippen LogP contribution >= 0.6 is 0 Å². The van der Waals surface area contributed by atoms with Gasteiger partial charge in [-0.3, -0.25) is 14.8 Å². The second kappa shape index (κ2) is 3.53. The summed E-state index contributed by atoms with van der Waals surface area (Å²) in [6.45, 7) is 4.22. The SMILES string of the molecule is C=CCn1ncc2cc([N+](=O)[O-])ccc21. The van der Waals surface area contributed by atoms with E-state index in [4.69, 9.17) is 0 Å². The number of nitro benzene ring substituents is 1. The Morgan fingerprint density at radius 3 is 3.07 bits per heavy atom. The van der Waals surface area contributed by atoms with Gasteiger partial charge in [-0.2, -0.15) is 5.10 Å². The summed E-state index contributed by atoms with van der Waals surface area (Å²) >= 11 is 0. The number of nitrogens with zero attached hydrogens (tertiary/aromatic N) is 3. The van der Waals surface area contributed by atoms with Crippen LogP contribution in [-0.2, 0) is 6.54 Å². The Labute approximate surface area is 85.8 Å². The maximum Gasteiger partial charge on any atom is 0.270 e. The van der Waals surface area contributed by atoms with Crippen molar-refractivity contribution in [1.29, 1.82) is 0 Å². The Kier molecular flexibility index (Phi) is 2.21. The van der Waals surface area contributed by atoms with Crippen molar-refractivity contribution in [2.75, 3.05) is 0 Å². The molecule has 0 atom stereocenters. The van der Waals surface area contributed by atoms with Gasteiger partial charge in [-0.05, 0) is 6.07 Å². The van der Waals surface area contributed by atoms with Gasteiger partial charge in [-0.1, -0.05) is 6.08 Å². The number of hydrogen-bond acceptors (Lipinski definition) is 3. The molecule has 0 radical (unpaired) electrons. The molecule has 5 heteroatoms. The lowest BCUT2D eigenvalue weighted by molar-refractivity contribution is -0.384. The van der Waals surface area contributed by atoms with Gasteiger partial charge in [0.2, 0.25) is 0 Å². The van der Waals surface area contributed by atoms with Crippen LogP contribution in [0.3, 0.4) is 0 Å². The van der Waals surface area contributed by atoms with Crippen molar-refractivity contribution >= 4 is 16.6 Å². The predicted octanol–water partition coefficient (Wildman–Crippen LogP) is 2.13. The highest BCUT2D eigenvalue weighted by Gasteiger charge is 2.08. The van der Waals surface area contributed by atoms with Gasteiger partial charge in [0.1, 0.15) is 0 Å². The third kappa shape index (κ3) is 1.59. The van der Waals surface area contributed by atoms with Crippen molar-refractivity contribution < 1.29 is 4.92 Å². The number of fused-ring (bicyclic) bond motifs is 1. The van der Waals surface area contributed by atoms with Gasteiger partial charge in [0.25, 0.3) is 5.69 Å². The van der Waals surface area contributed by atoms with Gasteiger partial charge >= 0.3 is 0 Å². The Hall–Kier alpha value is -2.17.